The summed E-state index contributed by atoms with van der Waals surface area (Å²) in [6.07, 6.45) is -2.91. The molecule has 0 amide bonds. The Balaban J connectivity index is 2.73. The third-order valence-electron chi connectivity index (χ3n) is 2.59. The van der Waals surface area contributed by atoms with Crippen LogP contribution in [0.25, 0.3) is 0 Å². The first-order valence-corrected chi connectivity index (χ1v) is 5.88. The number of phenols is 1. The van der Waals surface area contributed by atoms with E-state index in [0.29, 0.717) is 0 Å². The number of hydrogen-bond acceptors (Lipinski definition) is 6. The fourth-order valence-electron chi connectivity index (χ4n) is 1.62. The van der Waals surface area contributed by atoms with Gasteiger partial charge in [0.05, 0.1) is 26.2 Å². The first-order valence-electron chi connectivity index (χ1n) is 5.88. The van der Waals surface area contributed by atoms with Crippen LogP contribution in [0.3, 0.4) is 0 Å². The van der Waals surface area contributed by atoms with Gasteiger partial charge in [-0.3, -0.25) is 4.79 Å². The summed E-state index contributed by atoms with van der Waals surface area (Å²) in [7, 11) is 1.40. The SMILES string of the molecule is CCOC(=O)CC(O)C(O)c1ccc(OC)c(O)c1. The predicted molar refractivity (Wildman–Crippen MR) is 66.9 cm³/mol. The molecule has 1 aromatic rings. The Kier molecular flexibility index (Phi) is 5.59. The Morgan fingerprint density at radius 3 is 2.58 bits per heavy atom. The standard InChI is InChI=1S/C13H18O6/c1-3-19-12(16)7-10(15)13(17)8-4-5-11(18-2)9(14)6-8/h4-6,10,13-15,17H,3,7H2,1-2H3. The molecule has 0 spiro atoms. The number of carbonyl (C=O) groups excluding carboxylic acids is 1. The number of aliphatic hydroxyl groups is 2. The second-order valence-electron chi connectivity index (χ2n) is 3.95. The van der Waals surface area contributed by atoms with Crippen LogP contribution in [0, 0.1) is 0 Å². The van der Waals surface area contributed by atoms with Gasteiger partial charge in [-0.15, -0.1) is 0 Å². The number of carbonyl (C=O) groups is 1. The van der Waals surface area contributed by atoms with Crippen LogP contribution < -0.4 is 4.74 Å². The first kappa shape index (κ1) is 15.3. The molecule has 0 heterocycles. The lowest BCUT2D eigenvalue weighted by molar-refractivity contribution is -0.147. The van der Waals surface area contributed by atoms with E-state index in [1.165, 1.54) is 25.3 Å². The number of benzene rings is 1. The van der Waals surface area contributed by atoms with Crippen LogP contribution in [0.1, 0.15) is 25.0 Å². The quantitative estimate of drug-likeness (QED) is 0.660. The molecule has 0 saturated carbocycles. The molecule has 19 heavy (non-hydrogen) atoms. The average Bonchev–Trinajstić information content (AvgIpc) is 2.37. The normalized spacial score (nSPS) is 13.7. The highest BCUT2D eigenvalue weighted by Gasteiger charge is 2.22. The molecule has 106 valence electrons. The van der Waals surface area contributed by atoms with Crippen molar-refractivity contribution in [2.24, 2.45) is 0 Å². The molecule has 0 fully saturated rings. The summed E-state index contributed by atoms with van der Waals surface area (Å²) in [4.78, 5) is 11.2. The highest BCUT2D eigenvalue weighted by atomic mass is 16.5. The summed E-state index contributed by atoms with van der Waals surface area (Å²) in [5, 5.41) is 29.2. The first-order chi connectivity index (χ1) is 8.99. The Morgan fingerprint density at radius 1 is 1.37 bits per heavy atom. The molecule has 0 bridgehead atoms. The molecule has 1 aromatic carbocycles. The molecule has 0 aromatic heterocycles. The molecule has 3 N–H and O–H groups in total. The van der Waals surface area contributed by atoms with Crippen LogP contribution in [-0.2, 0) is 9.53 Å². The van der Waals surface area contributed by atoms with Gasteiger partial charge in [-0.1, -0.05) is 6.07 Å². The minimum atomic E-state index is -1.30. The number of rotatable bonds is 6. The van der Waals surface area contributed by atoms with Crippen LogP contribution in [0.5, 0.6) is 11.5 Å². The molecule has 0 radical (unpaired) electrons. The molecule has 0 aliphatic rings. The Hall–Kier alpha value is -1.79. The van der Waals surface area contributed by atoms with Crippen molar-refractivity contribution in [3.05, 3.63) is 23.8 Å². The number of esters is 1. The molecule has 2 atom stereocenters. The molecule has 0 aliphatic heterocycles. The summed E-state index contributed by atoms with van der Waals surface area (Å²) in [5.74, 6) is -0.481. The van der Waals surface area contributed by atoms with Gasteiger partial charge >= 0.3 is 5.97 Å². The Bertz CT molecular complexity index is 431. The number of phenolic OH excluding ortho intramolecular Hbond substituents is 1. The van der Waals surface area contributed by atoms with Gasteiger partial charge in [0.1, 0.15) is 6.10 Å². The lowest BCUT2D eigenvalue weighted by atomic mass is 10.0. The Morgan fingerprint density at radius 2 is 2.05 bits per heavy atom. The van der Waals surface area contributed by atoms with E-state index >= 15 is 0 Å². The van der Waals surface area contributed by atoms with Gasteiger partial charge in [0, 0.05) is 0 Å². The van der Waals surface area contributed by atoms with Crippen molar-refractivity contribution in [1.82, 2.24) is 0 Å². The summed E-state index contributed by atoms with van der Waals surface area (Å²) in [6.45, 7) is 1.87. The number of hydrogen-bond donors (Lipinski definition) is 3. The van der Waals surface area contributed by atoms with Crippen molar-refractivity contribution in [3.63, 3.8) is 0 Å². The van der Waals surface area contributed by atoms with Crippen molar-refractivity contribution < 1.29 is 29.6 Å². The largest absolute Gasteiger partial charge is 0.504 e. The number of methoxy groups -OCH3 is 1. The van der Waals surface area contributed by atoms with E-state index in [9.17, 15) is 20.1 Å². The number of ether oxygens (including phenoxy) is 2. The minimum Gasteiger partial charge on any atom is -0.504 e. The lowest BCUT2D eigenvalue weighted by Crippen LogP contribution is -2.23. The van der Waals surface area contributed by atoms with E-state index in [1.54, 1.807) is 6.92 Å². The molecule has 2 unspecified atom stereocenters. The third-order valence-corrected chi connectivity index (χ3v) is 2.59. The Labute approximate surface area is 111 Å². The maximum absolute atomic E-state index is 11.2. The lowest BCUT2D eigenvalue weighted by Gasteiger charge is -2.18. The van der Waals surface area contributed by atoms with Gasteiger partial charge in [0.2, 0.25) is 0 Å². The van der Waals surface area contributed by atoms with Crippen LogP contribution >= 0.6 is 0 Å². The summed E-state index contributed by atoms with van der Waals surface area (Å²) < 4.78 is 9.55. The maximum atomic E-state index is 11.2. The predicted octanol–water partition coefficient (Wildman–Crippen LogP) is 0.748. The van der Waals surface area contributed by atoms with E-state index in [-0.39, 0.29) is 30.1 Å². The van der Waals surface area contributed by atoms with Crippen LogP contribution in [0.15, 0.2) is 18.2 Å². The van der Waals surface area contributed by atoms with E-state index in [0.717, 1.165) is 0 Å². The zero-order valence-corrected chi connectivity index (χ0v) is 10.9. The second kappa shape index (κ2) is 6.96. The van der Waals surface area contributed by atoms with Crippen LogP contribution in [0.4, 0.5) is 0 Å². The van der Waals surface area contributed by atoms with Crippen molar-refractivity contribution in [1.29, 1.82) is 0 Å². The molecule has 0 aliphatic carbocycles. The maximum Gasteiger partial charge on any atom is 0.308 e. The molecule has 6 heteroatoms. The van der Waals surface area contributed by atoms with Crippen LogP contribution in [-0.4, -0.2) is 41.1 Å². The summed E-state index contributed by atoms with van der Waals surface area (Å²) >= 11 is 0. The van der Waals surface area contributed by atoms with Gasteiger partial charge in [-0.05, 0) is 24.6 Å². The highest BCUT2D eigenvalue weighted by molar-refractivity contribution is 5.70. The zero-order valence-electron chi connectivity index (χ0n) is 10.9. The minimum absolute atomic E-state index is 0.151. The number of aliphatic hydroxyl groups excluding tert-OH is 2. The highest BCUT2D eigenvalue weighted by Crippen LogP contribution is 2.30. The monoisotopic (exact) mass is 270 g/mol. The van der Waals surface area contributed by atoms with Crippen molar-refractivity contribution in [2.45, 2.75) is 25.6 Å². The molecule has 1 rings (SSSR count). The van der Waals surface area contributed by atoms with Gasteiger partial charge in [0.15, 0.2) is 11.5 Å². The van der Waals surface area contributed by atoms with Crippen molar-refractivity contribution in [2.75, 3.05) is 13.7 Å². The van der Waals surface area contributed by atoms with Gasteiger partial charge in [-0.25, -0.2) is 0 Å². The van der Waals surface area contributed by atoms with E-state index in [4.69, 9.17) is 4.74 Å². The molecular formula is C13H18O6. The summed E-state index contributed by atoms with van der Waals surface area (Å²) in [5.41, 5.74) is 0.287. The third kappa shape index (κ3) is 4.11. The summed E-state index contributed by atoms with van der Waals surface area (Å²) in [6, 6.07) is 4.24. The van der Waals surface area contributed by atoms with Crippen molar-refractivity contribution in [3.8, 4) is 11.5 Å². The van der Waals surface area contributed by atoms with E-state index in [1.807, 2.05) is 0 Å². The van der Waals surface area contributed by atoms with Crippen molar-refractivity contribution >= 4 is 5.97 Å². The molecule has 6 nitrogen and oxygen atoms in total. The fourth-order valence-corrected chi connectivity index (χ4v) is 1.62. The smallest absolute Gasteiger partial charge is 0.308 e. The van der Waals surface area contributed by atoms with Gasteiger partial charge < -0.3 is 24.8 Å². The molecule has 0 saturated heterocycles. The average molecular weight is 270 g/mol. The zero-order chi connectivity index (χ0) is 14.4. The fraction of sp³-hybridized carbons (Fsp3) is 0.462. The van der Waals surface area contributed by atoms with Gasteiger partial charge in [-0.2, -0.15) is 0 Å². The van der Waals surface area contributed by atoms with Crippen LogP contribution in [0.2, 0.25) is 0 Å². The van der Waals surface area contributed by atoms with E-state index < -0.39 is 18.2 Å². The van der Waals surface area contributed by atoms with Gasteiger partial charge in [0.25, 0.3) is 0 Å². The number of aromatic hydroxyl groups is 1. The second-order valence-corrected chi connectivity index (χ2v) is 3.95. The topological polar surface area (TPSA) is 96.2 Å². The molecular weight excluding hydrogens is 252 g/mol. The van der Waals surface area contributed by atoms with E-state index in [2.05, 4.69) is 4.74 Å².